The number of hydrogen-bond acceptors (Lipinski definition) is 2. The van der Waals surface area contributed by atoms with E-state index in [1.807, 2.05) is 11.3 Å². The standard InChI is InChI=1S/C18H25NS/c1-4-14(2)12-15(3)19-13-17-10-11-18(20-17)16-8-6-5-7-9-16/h5-11,14-15,19H,4,12-13H2,1-3H3. The molecule has 0 saturated heterocycles. The lowest BCUT2D eigenvalue weighted by molar-refractivity contribution is 0.413. The number of rotatable bonds is 7. The average molecular weight is 287 g/mol. The Morgan fingerprint density at radius 1 is 1.05 bits per heavy atom. The first-order valence-corrected chi connectivity index (χ1v) is 8.38. The molecule has 2 heteroatoms. The molecule has 0 fully saturated rings. The van der Waals surface area contributed by atoms with Crippen molar-refractivity contribution in [2.45, 2.75) is 46.2 Å². The van der Waals surface area contributed by atoms with Gasteiger partial charge in [-0.3, -0.25) is 0 Å². The van der Waals surface area contributed by atoms with Crippen molar-refractivity contribution in [3.8, 4) is 10.4 Å². The molecule has 1 nitrogen and oxygen atoms in total. The van der Waals surface area contributed by atoms with E-state index in [9.17, 15) is 0 Å². The van der Waals surface area contributed by atoms with Gasteiger partial charge >= 0.3 is 0 Å². The Morgan fingerprint density at radius 2 is 1.80 bits per heavy atom. The van der Waals surface area contributed by atoms with E-state index < -0.39 is 0 Å². The molecule has 0 aliphatic heterocycles. The van der Waals surface area contributed by atoms with E-state index in [4.69, 9.17) is 0 Å². The van der Waals surface area contributed by atoms with E-state index >= 15 is 0 Å². The molecule has 0 aliphatic carbocycles. The second-order valence-corrected chi connectivity index (χ2v) is 6.83. The van der Waals surface area contributed by atoms with Gasteiger partial charge in [-0.1, -0.05) is 50.6 Å². The van der Waals surface area contributed by atoms with Gasteiger partial charge in [0.05, 0.1) is 0 Å². The van der Waals surface area contributed by atoms with E-state index in [2.05, 4.69) is 68.6 Å². The minimum Gasteiger partial charge on any atom is -0.309 e. The molecule has 0 saturated carbocycles. The topological polar surface area (TPSA) is 12.0 Å². The van der Waals surface area contributed by atoms with Crippen molar-refractivity contribution >= 4 is 11.3 Å². The second kappa shape index (κ2) is 7.61. The highest BCUT2D eigenvalue weighted by Gasteiger charge is 2.08. The monoisotopic (exact) mass is 287 g/mol. The van der Waals surface area contributed by atoms with Gasteiger partial charge in [0.25, 0.3) is 0 Å². The lowest BCUT2D eigenvalue weighted by atomic mass is 10.0. The first-order chi connectivity index (χ1) is 9.69. The van der Waals surface area contributed by atoms with Crippen LogP contribution >= 0.6 is 11.3 Å². The average Bonchev–Trinajstić information content (AvgIpc) is 2.95. The van der Waals surface area contributed by atoms with Crippen LogP contribution in [0, 0.1) is 5.92 Å². The molecule has 0 spiro atoms. The van der Waals surface area contributed by atoms with E-state index in [0.717, 1.165) is 12.5 Å². The number of benzene rings is 1. The van der Waals surface area contributed by atoms with Crippen molar-refractivity contribution in [1.29, 1.82) is 0 Å². The SMILES string of the molecule is CCC(C)CC(C)NCc1ccc(-c2ccccc2)s1. The van der Waals surface area contributed by atoms with Crippen molar-refractivity contribution < 1.29 is 0 Å². The number of thiophene rings is 1. The number of hydrogen-bond donors (Lipinski definition) is 1. The summed E-state index contributed by atoms with van der Waals surface area (Å²) in [5, 5.41) is 3.64. The van der Waals surface area contributed by atoms with Crippen LogP contribution in [0.3, 0.4) is 0 Å². The maximum absolute atomic E-state index is 3.64. The summed E-state index contributed by atoms with van der Waals surface area (Å²) >= 11 is 1.89. The Morgan fingerprint density at radius 3 is 2.50 bits per heavy atom. The summed E-state index contributed by atoms with van der Waals surface area (Å²) in [6.45, 7) is 7.87. The van der Waals surface area contributed by atoms with Gasteiger partial charge in [-0.05, 0) is 37.0 Å². The van der Waals surface area contributed by atoms with Crippen molar-refractivity contribution in [3.05, 3.63) is 47.3 Å². The molecule has 0 aliphatic rings. The van der Waals surface area contributed by atoms with Gasteiger partial charge in [-0.2, -0.15) is 0 Å². The molecule has 108 valence electrons. The largest absolute Gasteiger partial charge is 0.309 e. The molecule has 1 N–H and O–H groups in total. The smallest absolute Gasteiger partial charge is 0.0346 e. The quantitative estimate of drug-likeness (QED) is 0.726. The molecule has 2 unspecified atom stereocenters. The summed E-state index contributed by atoms with van der Waals surface area (Å²) in [5.41, 5.74) is 1.32. The van der Waals surface area contributed by atoms with Gasteiger partial charge in [0.15, 0.2) is 0 Å². The predicted octanol–water partition coefficient (Wildman–Crippen LogP) is 5.33. The van der Waals surface area contributed by atoms with E-state index in [-0.39, 0.29) is 0 Å². The molecule has 2 atom stereocenters. The van der Waals surface area contributed by atoms with E-state index in [1.54, 1.807) is 0 Å². The molecule has 1 heterocycles. The third-order valence-corrected chi connectivity index (χ3v) is 4.93. The fourth-order valence-electron chi connectivity index (χ4n) is 2.36. The third kappa shape index (κ3) is 4.46. The van der Waals surface area contributed by atoms with Crippen LogP contribution in [0.2, 0.25) is 0 Å². The summed E-state index contributed by atoms with van der Waals surface area (Å²) in [6.07, 6.45) is 2.52. The van der Waals surface area contributed by atoms with Gasteiger partial charge in [-0.15, -0.1) is 11.3 Å². The second-order valence-electron chi connectivity index (χ2n) is 5.66. The maximum Gasteiger partial charge on any atom is 0.0346 e. The highest BCUT2D eigenvalue weighted by molar-refractivity contribution is 7.15. The fraction of sp³-hybridized carbons (Fsp3) is 0.444. The molecule has 0 radical (unpaired) electrons. The van der Waals surface area contributed by atoms with E-state index in [1.165, 1.54) is 28.2 Å². The van der Waals surface area contributed by atoms with Gasteiger partial charge < -0.3 is 5.32 Å². The molecular weight excluding hydrogens is 262 g/mol. The molecule has 2 rings (SSSR count). The summed E-state index contributed by atoms with van der Waals surface area (Å²) in [5.74, 6) is 0.806. The number of nitrogens with one attached hydrogen (secondary N) is 1. The Labute approximate surface area is 127 Å². The van der Waals surface area contributed by atoms with Crippen LogP contribution in [-0.2, 0) is 6.54 Å². The molecular formula is C18H25NS. The Balaban J connectivity index is 1.87. The van der Waals surface area contributed by atoms with Crippen LogP contribution in [-0.4, -0.2) is 6.04 Å². The molecule has 20 heavy (non-hydrogen) atoms. The third-order valence-electron chi connectivity index (χ3n) is 3.80. The first kappa shape index (κ1) is 15.3. The van der Waals surface area contributed by atoms with Crippen molar-refractivity contribution in [3.63, 3.8) is 0 Å². The van der Waals surface area contributed by atoms with E-state index in [0.29, 0.717) is 6.04 Å². The summed E-state index contributed by atoms with van der Waals surface area (Å²) in [4.78, 5) is 2.77. The zero-order valence-electron chi connectivity index (χ0n) is 12.7. The maximum atomic E-state index is 3.64. The van der Waals surface area contributed by atoms with Gasteiger partial charge in [0.2, 0.25) is 0 Å². The Kier molecular flexibility index (Phi) is 5.81. The molecule has 0 bridgehead atoms. The van der Waals surface area contributed by atoms with Crippen LogP contribution in [0.15, 0.2) is 42.5 Å². The lowest BCUT2D eigenvalue weighted by Crippen LogP contribution is -2.26. The van der Waals surface area contributed by atoms with Crippen LogP contribution in [0.5, 0.6) is 0 Å². The first-order valence-electron chi connectivity index (χ1n) is 7.56. The highest BCUT2D eigenvalue weighted by atomic mass is 32.1. The summed E-state index contributed by atoms with van der Waals surface area (Å²) < 4.78 is 0. The van der Waals surface area contributed by atoms with Crippen LogP contribution in [0.4, 0.5) is 0 Å². The fourth-order valence-corrected chi connectivity index (χ4v) is 3.32. The lowest BCUT2D eigenvalue weighted by Gasteiger charge is -2.16. The van der Waals surface area contributed by atoms with Crippen molar-refractivity contribution in [2.75, 3.05) is 0 Å². The predicted molar refractivity (Wildman–Crippen MR) is 90.1 cm³/mol. The van der Waals surface area contributed by atoms with Gasteiger partial charge in [-0.25, -0.2) is 0 Å². The van der Waals surface area contributed by atoms with Crippen LogP contribution in [0.1, 0.15) is 38.5 Å². The van der Waals surface area contributed by atoms with Gasteiger partial charge in [0.1, 0.15) is 0 Å². The van der Waals surface area contributed by atoms with Crippen LogP contribution < -0.4 is 5.32 Å². The summed E-state index contributed by atoms with van der Waals surface area (Å²) in [7, 11) is 0. The minimum absolute atomic E-state index is 0.590. The van der Waals surface area contributed by atoms with Crippen molar-refractivity contribution in [1.82, 2.24) is 5.32 Å². The highest BCUT2D eigenvalue weighted by Crippen LogP contribution is 2.27. The van der Waals surface area contributed by atoms with Crippen molar-refractivity contribution in [2.24, 2.45) is 5.92 Å². The van der Waals surface area contributed by atoms with Crippen LogP contribution in [0.25, 0.3) is 10.4 Å². The normalized spacial score (nSPS) is 14.2. The zero-order chi connectivity index (χ0) is 14.4. The molecule has 2 aromatic rings. The Hall–Kier alpha value is -1.12. The molecule has 1 aromatic heterocycles. The Bertz CT molecular complexity index is 503. The van der Waals surface area contributed by atoms with Gasteiger partial charge in [0, 0.05) is 22.3 Å². The summed E-state index contributed by atoms with van der Waals surface area (Å²) in [6, 6.07) is 15.7. The molecule has 0 amide bonds. The minimum atomic E-state index is 0.590. The zero-order valence-corrected chi connectivity index (χ0v) is 13.5. The molecule has 1 aromatic carbocycles.